The van der Waals surface area contributed by atoms with Gasteiger partial charge in [0.15, 0.2) is 11.5 Å². The Hall–Kier alpha value is -2.81. The number of nitrogens with zero attached hydrogens (tertiary/aromatic N) is 2. The molecule has 31 heavy (non-hydrogen) atoms. The van der Waals surface area contributed by atoms with Gasteiger partial charge in [0, 0.05) is 19.0 Å². The van der Waals surface area contributed by atoms with Crippen molar-refractivity contribution in [3.8, 4) is 28.6 Å². The minimum absolute atomic E-state index is 0. The number of benzene rings is 2. The molecule has 3 aromatic rings. The molecule has 0 aliphatic heterocycles. The van der Waals surface area contributed by atoms with E-state index in [1.165, 1.54) is 0 Å². The fourth-order valence-corrected chi connectivity index (χ4v) is 2.91. The molecule has 1 aromatic heterocycles. The number of hydrogen-bond acceptors (Lipinski definition) is 8. The van der Waals surface area contributed by atoms with Gasteiger partial charge < -0.3 is 29.2 Å². The Morgan fingerprint density at radius 3 is 2.45 bits per heavy atom. The van der Waals surface area contributed by atoms with E-state index in [9.17, 15) is 5.11 Å². The Kier molecular flexibility index (Phi) is 9.58. The third-order valence-corrected chi connectivity index (χ3v) is 4.50. The van der Waals surface area contributed by atoms with E-state index in [-0.39, 0.29) is 19.0 Å². The van der Waals surface area contributed by atoms with Gasteiger partial charge in [0.1, 0.15) is 18.5 Å². The Balaban J connectivity index is 0.00000341. The molecule has 0 aliphatic carbocycles. The van der Waals surface area contributed by atoms with E-state index in [1.807, 2.05) is 42.5 Å². The maximum Gasteiger partial charge on any atom is 0.223 e. The number of ether oxygens (including phenoxy) is 3. The molecule has 0 saturated heterocycles. The molecule has 168 valence electrons. The Bertz CT molecular complexity index is 933. The number of halogens is 1. The van der Waals surface area contributed by atoms with Crippen LogP contribution in [0.5, 0.6) is 17.2 Å². The molecule has 1 heterocycles. The summed E-state index contributed by atoms with van der Waals surface area (Å²) in [7, 11) is 3.24. The Morgan fingerprint density at radius 2 is 1.81 bits per heavy atom. The second-order valence-electron chi connectivity index (χ2n) is 6.77. The highest BCUT2D eigenvalue weighted by molar-refractivity contribution is 5.85. The van der Waals surface area contributed by atoms with Gasteiger partial charge in [-0.3, -0.25) is 0 Å². The molecule has 0 amide bonds. The predicted octanol–water partition coefficient (Wildman–Crippen LogP) is 3.06. The van der Waals surface area contributed by atoms with Crippen molar-refractivity contribution in [2.24, 2.45) is 0 Å². The highest BCUT2D eigenvalue weighted by Gasteiger charge is 2.08. The molecule has 9 heteroatoms. The third-order valence-electron chi connectivity index (χ3n) is 4.50. The van der Waals surface area contributed by atoms with Crippen LogP contribution in [0, 0.1) is 6.92 Å². The molecule has 0 aliphatic rings. The summed E-state index contributed by atoms with van der Waals surface area (Å²) in [5.41, 5.74) is 1.97. The molecule has 0 bridgehead atoms. The van der Waals surface area contributed by atoms with E-state index in [2.05, 4.69) is 15.5 Å². The number of methoxy groups -OCH3 is 2. The Labute approximate surface area is 187 Å². The van der Waals surface area contributed by atoms with Crippen molar-refractivity contribution in [3.63, 3.8) is 0 Å². The molecule has 2 aromatic carbocycles. The smallest absolute Gasteiger partial charge is 0.223 e. The fourth-order valence-electron chi connectivity index (χ4n) is 2.91. The lowest BCUT2D eigenvalue weighted by Gasteiger charge is -2.14. The van der Waals surface area contributed by atoms with Gasteiger partial charge in [-0.25, -0.2) is 0 Å². The van der Waals surface area contributed by atoms with E-state index in [4.69, 9.17) is 18.7 Å². The van der Waals surface area contributed by atoms with Gasteiger partial charge in [-0.1, -0.05) is 11.2 Å². The highest BCUT2D eigenvalue weighted by atomic mass is 35.5. The van der Waals surface area contributed by atoms with Gasteiger partial charge >= 0.3 is 0 Å². The monoisotopic (exact) mass is 449 g/mol. The van der Waals surface area contributed by atoms with Crippen LogP contribution in [0.2, 0.25) is 0 Å². The molecular weight excluding hydrogens is 422 g/mol. The van der Waals surface area contributed by atoms with Gasteiger partial charge in [0.25, 0.3) is 0 Å². The lowest BCUT2D eigenvalue weighted by molar-refractivity contribution is 0.106. The molecule has 2 N–H and O–H groups in total. The fraction of sp³-hybridized carbons (Fsp3) is 0.364. The van der Waals surface area contributed by atoms with E-state index in [0.717, 1.165) is 24.1 Å². The first-order valence-corrected chi connectivity index (χ1v) is 9.72. The highest BCUT2D eigenvalue weighted by Crippen LogP contribution is 2.27. The number of nitrogens with one attached hydrogen (secondary N) is 1. The standard InChI is InChI=1S/C22H27N3O5.ClH/c1-15-24-22(25-30-15)17-5-7-19(8-6-17)29-14-18(26)13-23-11-10-16-4-9-20(27-2)21(12-16)28-3;/h4-9,12,18,23,26H,10-11,13-14H2,1-3H3;1H. The number of aliphatic hydroxyl groups excluding tert-OH is 1. The first kappa shape index (κ1) is 24.5. The van der Waals surface area contributed by atoms with Crippen LogP contribution in [0.25, 0.3) is 11.4 Å². The van der Waals surface area contributed by atoms with Crippen LogP contribution in [-0.2, 0) is 6.42 Å². The first-order chi connectivity index (χ1) is 14.6. The number of aryl methyl sites for hydroxylation is 1. The van der Waals surface area contributed by atoms with Crippen LogP contribution < -0.4 is 19.5 Å². The predicted molar refractivity (Wildman–Crippen MR) is 119 cm³/mol. The van der Waals surface area contributed by atoms with Crippen molar-refractivity contribution >= 4 is 12.4 Å². The van der Waals surface area contributed by atoms with Crippen molar-refractivity contribution < 1.29 is 23.8 Å². The number of aromatic nitrogens is 2. The summed E-state index contributed by atoms with van der Waals surface area (Å²) in [6, 6.07) is 13.2. The molecule has 0 fully saturated rings. The Morgan fingerprint density at radius 1 is 1.06 bits per heavy atom. The molecule has 0 radical (unpaired) electrons. The number of aliphatic hydroxyl groups is 1. The summed E-state index contributed by atoms with van der Waals surface area (Å²) in [6.07, 6.45) is 0.195. The van der Waals surface area contributed by atoms with Crippen LogP contribution in [0.4, 0.5) is 0 Å². The quantitative estimate of drug-likeness (QED) is 0.431. The topological polar surface area (TPSA) is 98.9 Å². The maximum absolute atomic E-state index is 10.1. The van der Waals surface area contributed by atoms with Crippen LogP contribution in [-0.4, -0.2) is 55.3 Å². The van der Waals surface area contributed by atoms with Crippen LogP contribution in [0.1, 0.15) is 11.5 Å². The third kappa shape index (κ3) is 7.13. The van der Waals surface area contributed by atoms with Crippen molar-refractivity contribution in [1.29, 1.82) is 0 Å². The van der Waals surface area contributed by atoms with Crippen molar-refractivity contribution in [3.05, 3.63) is 53.9 Å². The minimum Gasteiger partial charge on any atom is -0.493 e. The van der Waals surface area contributed by atoms with Crippen LogP contribution >= 0.6 is 12.4 Å². The summed E-state index contributed by atoms with van der Waals surface area (Å²) in [6.45, 7) is 3.11. The molecule has 0 saturated carbocycles. The second kappa shape index (κ2) is 12.1. The average molecular weight is 450 g/mol. The summed E-state index contributed by atoms with van der Waals surface area (Å²) in [5, 5.41) is 17.3. The summed E-state index contributed by atoms with van der Waals surface area (Å²) >= 11 is 0. The molecule has 8 nitrogen and oxygen atoms in total. The summed E-state index contributed by atoms with van der Waals surface area (Å²) < 4.78 is 21.2. The number of rotatable bonds is 11. The van der Waals surface area contributed by atoms with Crippen molar-refractivity contribution in [2.75, 3.05) is 33.9 Å². The van der Waals surface area contributed by atoms with Gasteiger partial charge in [-0.05, 0) is 54.9 Å². The number of hydrogen-bond donors (Lipinski definition) is 2. The van der Waals surface area contributed by atoms with Crippen molar-refractivity contribution in [1.82, 2.24) is 15.5 Å². The van der Waals surface area contributed by atoms with E-state index in [1.54, 1.807) is 21.1 Å². The van der Waals surface area contributed by atoms with Gasteiger partial charge in [-0.15, -0.1) is 12.4 Å². The average Bonchev–Trinajstić information content (AvgIpc) is 3.21. The summed E-state index contributed by atoms with van der Waals surface area (Å²) in [4.78, 5) is 4.19. The van der Waals surface area contributed by atoms with Gasteiger partial charge in [0.2, 0.25) is 11.7 Å². The lowest BCUT2D eigenvalue weighted by Crippen LogP contribution is -2.32. The lowest BCUT2D eigenvalue weighted by atomic mass is 10.1. The molecule has 1 unspecified atom stereocenters. The second-order valence-corrected chi connectivity index (χ2v) is 6.77. The van der Waals surface area contributed by atoms with E-state index < -0.39 is 6.10 Å². The zero-order valence-electron chi connectivity index (χ0n) is 17.8. The van der Waals surface area contributed by atoms with Crippen molar-refractivity contribution in [2.45, 2.75) is 19.4 Å². The first-order valence-electron chi connectivity index (χ1n) is 9.72. The van der Waals surface area contributed by atoms with Gasteiger partial charge in [-0.2, -0.15) is 4.98 Å². The summed E-state index contributed by atoms with van der Waals surface area (Å²) in [5.74, 6) is 3.15. The van der Waals surface area contributed by atoms with E-state index >= 15 is 0 Å². The zero-order valence-corrected chi connectivity index (χ0v) is 18.6. The molecular formula is C22H28ClN3O5. The molecule has 0 spiro atoms. The van der Waals surface area contributed by atoms with Crippen LogP contribution in [0.15, 0.2) is 47.0 Å². The minimum atomic E-state index is -0.616. The largest absolute Gasteiger partial charge is 0.493 e. The zero-order chi connectivity index (χ0) is 21.3. The van der Waals surface area contributed by atoms with Gasteiger partial charge in [0.05, 0.1) is 14.2 Å². The van der Waals surface area contributed by atoms with Crippen LogP contribution in [0.3, 0.4) is 0 Å². The molecule has 3 rings (SSSR count). The molecule has 1 atom stereocenters. The normalized spacial score (nSPS) is 11.5. The SMILES string of the molecule is COc1ccc(CCNCC(O)COc2ccc(-c3noc(C)n3)cc2)cc1OC.Cl. The van der Waals surface area contributed by atoms with E-state index in [0.29, 0.717) is 35.5 Å². The maximum atomic E-state index is 10.1.